The summed E-state index contributed by atoms with van der Waals surface area (Å²) in [5.74, 6) is 1.45. The molecule has 1 unspecified atom stereocenters. The average molecular weight is 371 g/mol. The van der Waals surface area contributed by atoms with Crippen molar-refractivity contribution < 1.29 is 19.4 Å². The number of carbonyl (C=O) groups is 1. The lowest BCUT2D eigenvalue weighted by atomic mass is 10.1. The van der Waals surface area contributed by atoms with E-state index in [9.17, 15) is 9.90 Å². The first-order chi connectivity index (χ1) is 12.8. The van der Waals surface area contributed by atoms with E-state index in [2.05, 4.69) is 19.9 Å². The van der Waals surface area contributed by atoms with Crippen molar-refractivity contribution in [1.82, 2.24) is 4.90 Å². The Kier molecular flexibility index (Phi) is 7.82. The van der Waals surface area contributed by atoms with E-state index >= 15 is 0 Å². The van der Waals surface area contributed by atoms with Crippen LogP contribution in [0, 0.1) is 13.8 Å². The fourth-order valence-corrected chi connectivity index (χ4v) is 2.84. The van der Waals surface area contributed by atoms with Crippen molar-refractivity contribution in [3.63, 3.8) is 0 Å². The average Bonchev–Trinajstić information content (AvgIpc) is 2.59. The van der Waals surface area contributed by atoms with Gasteiger partial charge in [0.25, 0.3) is 0 Å². The van der Waals surface area contributed by atoms with Gasteiger partial charge in [0.1, 0.15) is 30.8 Å². The number of aliphatic hydroxyl groups excluding tert-OH is 1. The standard InChI is InChI=1S/C22H29NO4/c1-16-10-17(2)12-22(11-16)26-9-8-23(4)14-20(25)15-27-21-7-5-6-19(13-21)18(3)24/h5-7,10-13,20,25H,8-9,14-15H2,1-4H3. The molecule has 1 atom stereocenters. The number of hydrogen-bond acceptors (Lipinski definition) is 5. The zero-order chi connectivity index (χ0) is 19.8. The summed E-state index contributed by atoms with van der Waals surface area (Å²) < 4.78 is 11.4. The summed E-state index contributed by atoms with van der Waals surface area (Å²) in [5.41, 5.74) is 2.96. The lowest BCUT2D eigenvalue weighted by molar-refractivity contribution is 0.0722. The number of ether oxygens (including phenoxy) is 2. The molecule has 0 aliphatic carbocycles. The summed E-state index contributed by atoms with van der Waals surface area (Å²) in [6.45, 7) is 7.51. The highest BCUT2D eigenvalue weighted by Crippen LogP contribution is 2.16. The zero-order valence-corrected chi connectivity index (χ0v) is 16.6. The van der Waals surface area contributed by atoms with Crippen LogP contribution < -0.4 is 9.47 Å². The molecular weight excluding hydrogens is 342 g/mol. The molecule has 0 aliphatic heterocycles. The van der Waals surface area contributed by atoms with Crippen molar-refractivity contribution in [1.29, 1.82) is 0 Å². The second kappa shape index (κ2) is 10.1. The summed E-state index contributed by atoms with van der Waals surface area (Å²) in [5, 5.41) is 10.2. The smallest absolute Gasteiger partial charge is 0.159 e. The Morgan fingerprint density at radius 2 is 1.78 bits per heavy atom. The SMILES string of the molecule is CC(=O)c1cccc(OCC(O)CN(C)CCOc2cc(C)cc(C)c2)c1. The highest BCUT2D eigenvalue weighted by atomic mass is 16.5. The minimum atomic E-state index is -0.628. The fourth-order valence-electron chi connectivity index (χ4n) is 2.84. The van der Waals surface area contributed by atoms with E-state index < -0.39 is 6.10 Å². The molecule has 0 bridgehead atoms. The number of likely N-dealkylation sites (N-methyl/N-ethyl adjacent to an activating group) is 1. The van der Waals surface area contributed by atoms with Crippen molar-refractivity contribution >= 4 is 5.78 Å². The van der Waals surface area contributed by atoms with Crippen molar-refractivity contribution in [2.75, 3.05) is 33.4 Å². The number of carbonyl (C=O) groups excluding carboxylic acids is 1. The Balaban J connectivity index is 1.71. The third kappa shape index (κ3) is 7.41. The molecule has 2 aromatic rings. The van der Waals surface area contributed by atoms with Crippen molar-refractivity contribution in [3.05, 3.63) is 59.2 Å². The number of Topliss-reactive ketones (excluding diaryl/α,β-unsaturated/α-hetero) is 1. The summed E-state index contributed by atoms with van der Waals surface area (Å²) >= 11 is 0. The van der Waals surface area contributed by atoms with Crippen LogP contribution in [0.15, 0.2) is 42.5 Å². The quantitative estimate of drug-likeness (QED) is 0.650. The maximum absolute atomic E-state index is 11.4. The topological polar surface area (TPSA) is 59.0 Å². The molecular formula is C22H29NO4. The molecule has 0 aliphatic rings. The molecule has 0 amide bonds. The molecule has 0 aromatic heterocycles. The molecule has 146 valence electrons. The summed E-state index contributed by atoms with van der Waals surface area (Å²) in [6, 6.07) is 13.1. The number of hydrogen-bond donors (Lipinski definition) is 1. The van der Waals surface area contributed by atoms with Crippen LogP contribution in [0.5, 0.6) is 11.5 Å². The number of nitrogens with zero attached hydrogens (tertiary/aromatic N) is 1. The molecule has 0 fully saturated rings. The van der Waals surface area contributed by atoms with Gasteiger partial charge in [0.05, 0.1) is 0 Å². The van der Waals surface area contributed by atoms with Gasteiger partial charge in [-0.1, -0.05) is 18.2 Å². The third-order valence-electron chi connectivity index (χ3n) is 4.14. The minimum Gasteiger partial charge on any atom is -0.492 e. The van der Waals surface area contributed by atoms with Crippen LogP contribution in [-0.4, -0.2) is 55.2 Å². The molecule has 0 heterocycles. The third-order valence-corrected chi connectivity index (χ3v) is 4.14. The molecule has 2 rings (SSSR count). The summed E-state index contributed by atoms with van der Waals surface area (Å²) in [7, 11) is 1.93. The Bertz CT molecular complexity index is 739. The van der Waals surface area contributed by atoms with Gasteiger partial charge in [0.2, 0.25) is 0 Å². The second-order valence-corrected chi connectivity index (χ2v) is 6.98. The van der Waals surface area contributed by atoms with Gasteiger partial charge >= 0.3 is 0 Å². The van der Waals surface area contributed by atoms with Crippen LogP contribution in [0.3, 0.4) is 0 Å². The van der Waals surface area contributed by atoms with Crippen LogP contribution in [-0.2, 0) is 0 Å². The first-order valence-corrected chi connectivity index (χ1v) is 9.15. The lowest BCUT2D eigenvalue weighted by Crippen LogP contribution is -2.35. The van der Waals surface area contributed by atoms with Gasteiger partial charge in [-0.05, 0) is 63.2 Å². The highest BCUT2D eigenvalue weighted by Gasteiger charge is 2.10. The summed E-state index contributed by atoms with van der Waals surface area (Å²) in [6.07, 6.45) is -0.628. The Labute approximate surface area is 161 Å². The second-order valence-electron chi connectivity index (χ2n) is 6.98. The zero-order valence-electron chi connectivity index (χ0n) is 16.6. The molecule has 27 heavy (non-hydrogen) atoms. The van der Waals surface area contributed by atoms with Gasteiger partial charge in [-0.15, -0.1) is 0 Å². The largest absolute Gasteiger partial charge is 0.492 e. The van der Waals surface area contributed by atoms with Gasteiger partial charge in [0, 0.05) is 18.7 Å². The minimum absolute atomic E-state index is 0.00969. The molecule has 0 radical (unpaired) electrons. The predicted molar refractivity (Wildman–Crippen MR) is 107 cm³/mol. The maximum Gasteiger partial charge on any atom is 0.159 e. The Morgan fingerprint density at radius 1 is 1.07 bits per heavy atom. The molecule has 2 aromatic carbocycles. The van der Waals surface area contributed by atoms with E-state index in [1.54, 1.807) is 24.3 Å². The summed E-state index contributed by atoms with van der Waals surface area (Å²) in [4.78, 5) is 13.4. The molecule has 1 N–H and O–H groups in total. The van der Waals surface area contributed by atoms with Crippen LogP contribution in [0.4, 0.5) is 0 Å². The van der Waals surface area contributed by atoms with Crippen molar-refractivity contribution in [2.24, 2.45) is 0 Å². The molecule has 5 heteroatoms. The van der Waals surface area contributed by atoms with Crippen molar-refractivity contribution in [2.45, 2.75) is 26.9 Å². The van der Waals surface area contributed by atoms with Gasteiger partial charge in [-0.2, -0.15) is 0 Å². The highest BCUT2D eigenvalue weighted by molar-refractivity contribution is 5.94. The molecule has 0 saturated heterocycles. The van der Waals surface area contributed by atoms with Gasteiger partial charge in [-0.3, -0.25) is 4.79 Å². The monoisotopic (exact) mass is 371 g/mol. The molecule has 5 nitrogen and oxygen atoms in total. The van der Waals surface area contributed by atoms with E-state index in [-0.39, 0.29) is 12.4 Å². The van der Waals surface area contributed by atoms with E-state index in [0.717, 1.165) is 5.75 Å². The van der Waals surface area contributed by atoms with E-state index in [1.807, 2.05) is 24.1 Å². The molecule has 0 spiro atoms. The first kappa shape index (κ1) is 20.9. The number of rotatable bonds is 10. The Hall–Kier alpha value is -2.37. The Morgan fingerprint density at radius 3 is 2.44 bits per heavy atom. The van der Waals surface area contributed by atoms with Crippen LogP contribution in [0.25, 0.3) is 0 Å². The van der Waals surface area contributed by atoms with Crippen LogP contribution in [0.1, 0.15) is 28.4 Å². The van der Waals surface area contributed by atoms with E-state index in [4.69, 9.17) is 9.47 Å². The van der Waals surface area contributed by atoms with Gasteiger partial charge in [-0.25, -0.2) is 0 Å². The van der Waals surface area contributed by atoms with Gasteiger partial charge < -0.3 is 19.5 Å². The fraction of sp³-hybridized carbons (Fsp3) is 0.409. The van der Waals surface area contributed by atoms with E-state index in [0.29, 0.717) is 31.0 Å². The predicted octanol–water partition coefficient (Wildman–Crippen LogP) is 3.26. The normalized spacial score (nSPS) is 12.1. The van der Waals surface area contributed by atoms with E-state index in [1.165, 1.54) is 18.1 Å². The van der Waals surface area contributed by atoms with Crippen LogP contribution in [0.2, 0.25) is 0 Å². The van der Waals surface area contributed by atoms with Crippen molar-refractivity contribution in [3.8, 4) is 11.5 Å². The van der Waals surface area contributed by atoms with Crippen LogP contribution >= 0.6 is 0 Å². The van der Waals surface area contributed by atoms with Gasteiger partial charge in [0.15, 0.2) is 5.78 Å². The maximum atomic E-state index is 11.4. The molecule has 0 saturated carbocycles. The first-order valence-electron chi connectivity index (χ1n) is 9.15. The lowest BCUT2D eigenvalue weighted by Gasteiger charge is -2.21. The number of aryl methyl sites for hydroxylation is 2. The number of aliphatic hydroxyl groups is 1. The number of ketones is 1. The number of benzene rings is 2.